The highest BCUT2D eigenvalue weighted by Crippen LogP contribution is 2.36. The topological polar surface area (TPSA) is 103 Å². The second-order valence-corrected chi connectivity index (χ2v) is 11.1. The van der Waals surface area contributed by atoms with Gasteiger partial charge in [-0.05, 0) is 66.7 Å². The lowest BCUT2D eigenvalue weighted by Crippen LogP contribution is -2.32. The van der Waals surface area contributed by atoms with Gasteiger partial charge in [0.05, 0.1) is 23.7 Å². The van der Waals surface area contributed by atoms with Crippen LogP contribution in [0, 0.1) is 6.92 Å². The number of nitrogens with zero attached hydrogens (tertiary/aromatic N) is 5. The van der Waals surface area contributed by atoms with Crippen molar-refractivity contribution in [1.82, 2.24) is 20.2 Å². The molecule has 1 saturated heterocycles. The second kappa shape index (κ2) is 14.0. The zero-order chi connectivity index (χ0) is 33.8. The smallest absolute Gasteiger partial charge is 0.482 e. The minimum absolute atomic E-state index is 0.00238. The molecule has 246 valence electrons. The first kappa shape index (κ1) is 33.7. The number of aliphatic imine (C=N–C) groups is 1. The van der Waals surface area contributed by atoms with E-state index in [4.69, 9.17) is 21.8 Å². The average molecular weight is 697 g/mol. The molecule has 1 aromatic heterocycles. The van der Waals surface area contributed by atoms with E-state index in [0.29, 0.717) is 22.6 Å². The van der Waals surface area contributed by atoms with Crippen molar-refractivity contribution in [2.24, 2.45) is 4.99 Å². The lowest BCUT2D eigenvalue weighted by molar-refractivity contribution is -0.274. The number of hydroxylamine groups is 1. The lowest BCUT2D eigenvalue weighted by atomic mass is 10.1. The summed E-state index contributed by atoms with van der Waals surface area (Å²) < 4.78 is 85.8. The van der Waals surface area contributed by atoms with Crippen molar-refractivity contribution in [2.75, 3.05) is 17.3 Å². The largest absolute Gasteiger partial charge is 0.573 e. The van der Waals surface area contributed by atoms with Crippen molar-refractivity contribution < 1.29 is 45.4 Å². The van der Waals surface area contributed by atoms with Gasteiger partial charge in [-0.15, -0.1) is 18.3 Å². The molecule has 10 nitrogen and oxygen atoms in total. The highest BCUT2D eigenvalue weighted by atomic mass is 32.2. The first-order valence-corrected chi connectivity index (χ1v) is 14.8. The van der Waals surface area contributed by atoms with Gasteiger partial charge in [-0.1, -0.05) is 42.1 Å². The Morgan fingerprint density at radius 1 is 1.04 bits per heavy atom. The van der Waals surface area contributed by atoms with Crippen LogP contribution >= 0.6 is 24.0 Å². The number of nitrogens with one attached hydrogen (secondary N) is 1. The van der Waals surface area contributed by atoms with E-state index < -0.39 is 25.1 Å². The number of aryl methyl sites for hydroxylation is 1. The molecule has 0 aliphatic carbocycles. The number of anilines is 1. The third-order valence-corrected chi connectivity index (χ3v) is 7.24. The SMILES string of the molecule is Cc1ccc(OCC(F)(F)F)c(N2C(=O)CS/C2=N\C(=S)NOCc2ccc(-c3ncn(-c4ccc(OC(F)(F)F)cc4)n3)cc2)c1. The Morgan fingerprint density at radius 2 is 1.77 bits per heavy atom. The number of aromatic nitrogens is 3. The van der Waals surface area contributed by atoms with Gasteiger partial charge in [-0.3, -0.25) is 14.5 Å². The van der Waals surface area contributed by atoms with Gasteiger partial charge in [0.25, 0.3) is 0 Å². The fourth-order valence-electron chi connectivity index (χ4n) is 4.13. The third-order valence-electron chi connectivity index (χ3n) is 6.15. The highest BCUT2D eigenvalue weighted by Gasteiger charge is 2.34. The van der Waals surface area contributed by atoms with Crippen molar-refractivity contribution in [1.29, 1.82) is 0 Å². The number of thioether (sulfide) groups is 1. The van der Waals surface area contributed by atoms with Crippen LogP contribution in [-0.4, -0.2) is 55.9 Å². The van der Waals surface area contributed by atoms with E-state index >= 15 is 0 Å². The maximum Gasteiger partial charge on any atom is 0.573 e. The molecule has 0 unspecified atom stereocenters. The number of hydrogen-bond acceptors (Lipinski definition) is 8. The van der Waals surface area contributed by atoms with E-state index in [-0.39, 0.29) is 39.8 Å². The van der Waals surface area contributed by atoms with E-state index in [0.717, 1.165) is 22.2 Å². The predicted octanol–water partition coefficient (Wildman–Crippen LogP) is 6.52. The van der Waals surface area contributed by atoms with Crippen LogP contribution in [0.2, 0.25) is 0 Å². The summed E-state index contributed by atoms with van der Waals surface area (Å²) in [5, 5.41) is 4.38. The number of benzene rings is 3. The molecular weight excluding hydrogens is 674 g/mol. The van der Waals surface area contributed by atoms with Gasteiger partial charge < -0.3 is 9.47 Å². The van der Waals surface area contributed by atoms with Crippen molar-refractivity contribution in [2.45, 2.75) is 26.1 Å². The maximum atomic E-state index is 12.8. The van der Waals surface area contributed by atoms with Crippen LogP contribution in [0.15, 0.2) is 78.0 Å². The fraction of sp³-hybridized carbons (Fsp3) is 0.207. The molecule has 3 aromatic carbocycles. The maximum absolute atomic E-state index is 12.8. The van der Waals surface area contributed by atoms with E-state index in [9.17, 15) is 31.1 Å². The zero-order valence-electron chi connectivity index (χ0n) is 24.0. The summed E-state index contributed by atoms with van der Waals surface area (Å²) in [6.45, 7) is 0.253. The molecule has 47 heavy (non-hydrogen) atoms. The van der Waals surface area contributed by atoms with Crippen LogP contribution in [0.5, 0.6) is 11.5 Å². The third kappa shape index (κ3) is 9.20. The van der Waals surface area contributed by atoms with Crippen molar-refractivity contribution in [3.8, 4) is 28.6 Å². The van der Waals surface area contributed by atoms with Gasteiger partial charge in [0.2, 0.25) is 11.0 Å². The predicted molar refractivity (Wildman–Crippen MR) is 164 cm³/mol. The van der Waals surface area contributed by atoms with Crippen LogP contribution in [0.25, 0.3) is 17.1 Å². The minimum Gasteiger partial charge on any atom is -0.482 e. The van der Waals surface area contributed by atoms with E-state index in [1.54, 1.807) is 37.3 Å². The number of amidine groups is 1. The van der Waals surface area contributed by atoms with E-state index in [2.05, 4.69) is 25.3 Å². The molecule has 1 N–H and O–H groups in total. The van der Waals surface area contributed by atoms with Gasteiger partial charge in [0.15, 0.2) is 17.6 Å². The summed E-state index contributed by atoms with van der Waals surface area (Å²) in [7, 11) is 0. The Hall–Kier alpha value is -4.68. The van der Waals surface area contributed by atoms with Crippen LogP contribution in [0.4, 0.5) is 32.0 Å². The second-order valence-electron chi connectivity index (χ2n) is 9.73. The molecule has 1 fully saturated rings. The van der Waals surface area contributed by atoms with E-state index in [1.807, 2.05) is 0 Å². The Kier molecular flexibility index (Phi) is 10.0. The van der Waals surface area contributed by atoms with Crippen molar-refractivity contribution >= 4 is 45.9 Å². The molecule has 2 heterocycles. The zero-order valence-corrected chi connectivity index (χ0v) is 25.6. The monoisotopic (exact) mass is 696 g/mol. The number of carbonyl (C=O) groups is 1. The molecule has 1 aliphatic heterocycles. The Morgan fingerprint density at radius 3 is 2.45 bits per heavy atom. The Bertz CT molecular complexity index is 1780. The van der Waals surface area contributed by atoms with Gasteiger partial charge in [-0.2, -0.15) is 18.2 Å². The Labute approximate surface area is 272 Å². The summed E-state index contributed by atoms with van der Waals surface area (Å²) >= 11 is 6.29. The Balaban J connectivity index is 1.17. The first-order chi connectivity index (χ1) is 22.2. The highest BCUT2D eigenvalue weighted by molar-refractivity contribution is 8.15. The molecule has 0 bridgehead atoms. The van der Waals surface area contributed by atoms with Crippen molar-refractivity contribution in [3.63, 3.8) is 0 Å². The van der Waals surface area contributed by atoms with Crippen LogP contribution in [-0.2, 0) is 16.2 Å². The molecule has 0 atom stereocenters. The summed E-state index contributed by atoms with van der Waals surface area (Å²) in [6.07, 6.45) is -7.93. The fourth-order valence-corrected chi connectivity index (χ4v) is 5.20. The number of thiocarbonyl (C=S) groups is 1. The van der Waals surface area contributed by atoms with Crippen LogP contribution in [0.1, 0.15) is 11.1 Å². The molecule has 5 rings (SSSR count). The first-order valence-electron chi connectivity index (χ1n) is 13.4. The summed E-state index contributed by atoms with van der Waals surface area (Å²) in [5.74, 6) is -0.529. The number of halogens is 6. The normalized spacial score (nSPS) is 14.5. The molecule has 0 radical (unpaired) electrons. The quantitative estimate of drug-likeness (QED) is 0.119. The van der Waals surface area contributed by atoms with Crippen LogP contribution in [0.3, 0.4) is 0 Å². The molecule has 18 heteroatoms. The van der Waals surface area contributed by atoms with Gasteiger partial charge >= 0.3 is 12.5 Å². The average Bonchev–Trinajstić information content (AvgIpc) is 3.63. The number of rotatable bonds is 9. The summed E-state index contributed by atoms with van der Waals surface area (Å²) in [4.78, 5) is 27.8. The number of alkyl halides is 6. The number of amides is 1. The molecule has 0 saturated carbocycles. The van der Waals surface area contributed by atoms with Crippen molar-refractivity contribution in [3.05, 3.63) is 84.2 Å². The molecular formula is C29H22F6N6O4S2. The molecule has 0 spiro atoms. The lowest BCUT2D eigenvalue weighted by Gasteiger charge is -2.21. The van der Waals surface area contributed by atoms with Gasteiger partial charge in [0.1, 0.15) is 17.8 Å². The van der Waals surface area contributed by atoms with Gasteiger partial charge in [-0.25, -0.2) is 15.1 Å². The van der Waals surface area contributed by atoms with Crippen LogP contribution < -0.4 is 19.9 Å². The number of hydrogen-bond donors (Lipinski definition) is 1. The number of carbonyl (C=O) groups excluding carboxylic acids is 1. The summed E-state index contributed by atoms with van der Waals surface area (Å²) in [6, 6.07) is 16.6. The minimum atomic E-state index is -4.79. The number of ether oxygens (including phenoxy) is 2. The standard InChI is InChI=1S/C29H22F6N6O4S2/c1-17-2-11-23(43-15-28(30,31)32)22(12-17)41-24(42)14-47-27(41)37-26(46)39-44-13-18-3-5-19(6-4-18)25-36-16-40(38-25)20-7-9-21(10-8-20)45-29(33,34)35/h2-12,16H,13-15H2,1H3,(H,39,46)/b37-27-. The molecule has 4 aromatic rings. The molecule has 1 aliphatic rings. The van der Waals surface area contributed by atoms with Gasteiger partial charge in [0, 0.05) is 5.56 Å². The summed E-state index contributed by atoms with van der Waals surface area (Å²) in [5.41, 5.74) is 5.19. The van der Waals surface area contributed by atoms with E-state index in [1.165, 1.54) is 47.4 Å². The molecule has 1 amide bonds.